The lowest BCUT2D eigenvalue weighted by Gasteiger charge is -2.31. The predicted octanol–water partition coefficient (Wildman–Crippen LogP) is 3.84. The second-order valence-electron chi connectivity index (χ2n) is 6.15. The van der Waals surface area contributed by atoms with E-state index < -0.39 is 0 Å². The molecule has 2 aromatic carbocycles. The van der Waals surface area contributed by atoms with E-state index in [1.54, 1.807) is 0 Å². The quantitative estimate of drug-likeness (QED) is 0.734. The Labute approximate surface area is 152 Å². The Balaban J connectivity index is 1.88. The summed E-state index contributed by atoms with van der Waals surface area (Å²) < 4.78 is 3.91. The van der Waals surface area contributed by atoms with Gasteiger partial charge in [-0.25, -0.2) is 0 Å². The third kappa shape index (κ3) is 3.61. The molecule has 5 heteroatoms. The highest BCUT2D eigenvalue weighted by atomic mass is 32.1. The maximum absolute atomic E-state index is 12.6. The minimum atomic E-state index is -0.317. The van der Waals surface area contributed by atoms with Crippen LogP contribution in [0.3, 0.4) is 0 Å². The standard InChI is InChI=1S/C20H21N3OS/c1-3-17-18(25-23-22-17)19(24)21-14-20(2,15-10-6-4-7-11-15)16-12-8-5-9-13-16/h4-13H,3,14H2,1-2H3,(H,21,24). The minimum absolute atomic E-state index is 0.107. The van der Waals surface area contributed by atoms with Crippen LogP contribution in [0.1, 0.15) is 40.3 Å². The highest BCUT2D eigenvalue weighted by molar-refractivity contribution is 7.08. The van der Waals surface area contributed by atoms with Gasteiger partial charge < -0.3 is 5.32 Å². The normalized spacial score (nSPS) is 11.3. The van der Waals surface area contributed by atoms with Gasteiger partial charge in [-0.2, -0.15) is 0 Å². The number of carbonyl (C=O) groups excluding carboxylic acids is 1. The Morgan fingerprint density at radius 2 is 1.60 bits per heavy atom. The Morgan fingerprint density at radius 1 is 1.04 bits per heavy atom. The number of hydrogen-bond acceptors (Lipinski definition) is 4. The van der Waals surface area contributed by atoms with Crippen molar-refractivity contribution in [3.8, 4) is 0 Å². The van der Waals surface area contributed by atoms with Crippen molar-refractivity contribution in [3.63, 3.8) is 0 Å². The van der Waals surface area contributed by atoms with Gasteiger partial charge in [0.05, 0.1) is 5.69 Å². The van der Waals surface area contributed by atoms with Crippen LogP contribution in [0.4, 0.5) is 0 Å². The SMILES string of the molecule is CCc1nnsc1C(=O)NCC(C)(c1ccccc1)c1ccccc1. The van der Waals surface area contributed by atoms with Crippen LogP contribution in [0, 0.1) is 0 Å². The molecule has 0 aliphatic rings. The molecule has 0 aliphatic heterocycles. The van der Waals surface area contributed by atoms with E-state index in [0.29, 0.717) is 17.8 Å². The van der Waals surface area contributed by atoms with E-state index in [-0.39, 0.29) is 11.3 Å². The van der Waals surface area contributed by atoms with Crippen molar-refractivity contribution in [2.24, 2.45) is 0 Å². The second-order valence-corrected chi connectivity index (χ2v) is 6.90. The van der Waals surface area contributed by atoms with Gasteiger partial charge in [0.2, 0.25) is 0 Å². The number of nitrogens with zero attached hydrogens (tertiary/aromatic N) is 2. The summed E-state index contributed by atoms with van der Waals surface area (Å²) in [6, 6.07) is 20.5. The first-order chi connectivity index (χ1) is 12.1. The van der Waals surface area contributed by atoms with Crippen molar-refractivity contribution in [3.05, 3.63) is 82.4 Å². The maximum Gasteiger partial charge on any atom is 0.264 e. The largest absolute Gasteiger partial charge is 0.350 e. The van der Waals surface area contributed by atoms with E-state index >= 15 is 0 Å². The summed E-state index contributed by atoms with van der Waals surface area (Å²) in [6.45, 7) is 4.64. The summed E-state index contributed by atoms with van der Waals surface area (Å²) >= 11 is 1.15. The lowest BCUT2D eigenvalue weighted by Crippen LogP contribution is -2.39. The Kier molecular flexibility index (Phi) is 5.24. The van der Waals surface area contributed by atoms with Crippen LogP contribution in [0.25, 0.3) is 0 Å². The summed E-state index contributed by atoms with van der Waals surface area (Å²) in [5.41, 5.74) is 2.77. The predicted molar refractivity (Wildman–Crippen MR) is 101 cm³/mol. The van der Waals surface area contributed by atoms with Crippen molar-refractivity contribution in [1.29, 1.82) is 0 Å². The van der Waals surface area contributed by atoms with E-state index in [0.717, 1.165) is 17.2 Å². The number of aromatic nitrogens is 2. The van der Waals surface area contributed by atoms with Crippen LogP contribution < -0.4 is 5.32 Å². The second kappa shape index (κ2) is 7.57. The monoisotopic (exact) mass is 351 g/mol. The molecule has 0 radical (unpaired) electrons. The summed E-state index contributed by atoms with van der Waals surface area (Å²) in [7, 11) is 0. The van der Waals surface area contributed by atoms with Gasteiger partial charge in [0.25, 0.3) is 5.91 Å². The maximum atomic E-state index is 12.6. The fourth-order valence-electron chi connectivity index (χ4n) is 2.93. The Bertz CT molecular complexity index is 791. The molecule has 25 heavy (non-hydrogen) atoms. The van der Waals surface area contributed by atoms with Crippen LogP contribution in [-0.4, -0.2) is 22.0 Å². The summed E-state index contributed by atoms with van der Waals surface area (Å²) in [6.07, 6.45) is 0.702. The summed E-state index contributed by atoms with van der Waals surface area (Å²) in [5, 5.41) is 7.11. The fourth-order valence-corrected chi connectivity index (χ4v) is 3.60. The molecule has 0 aliphatic carbocycles. The highest BCUT2D eigenvalue weighted by Gasteiger charge is 2.30. The lowest BCUT2D eigenvalue weighted by atomic mass is 9.76. The molecule has 1 heterocycles. The molecule has 0 saturated carbocycles. The van der Waals surface area contributed by atoms with Gasteiger partial charge in [0.1, 0.15) is 4.88 Å². The number of amides is 1. The smallest absolute Gasteiger partial charge is 0.264 e. The first-order valence-corrected chi connectivity index (χ1v) is 9.13. The van der Waals surface area contributed by atoms with Crippen LogP contribution in [0.2, 0.25) is 0 Å². The van der Waals surface area contributed by atoms with Crippen molar-refractivity contribution in [2.45, 2.75) is 25.7 Å². The number of aryl methyl sites for hydroxylation is 1. The van der Waals surface area contributed by atoms with Gasteiger partial charge in [-0.3, -0.25) is 4.79 Å². The van der Waals surface area contributed by atoms with Gasteiger partial charge >= 0.3 is 0 Å². The van der Waals surface area contributed by atoms with Gasteiger partial charge in [-0.1, -0.05) is 72.1 Å². The number of carbonyl (C=O) groups is 1. The molecule has 1 amide bonds. The van der Waals surface area contributed by atoms with Crippen LogP contribution in [0.15, 0.2) is 60.7 Å². The van der Waals surface area contributed by atoms with Crippen molar-refractivity contribution in [2.75, 3.05) is 6.54 Å². The zero-order valence-corrected chi connectivity index (χ0v) is 15.2. The first kappa shape index (κ1) is 17.3. The minimum Gasteiger partial charge on any atom is -0.350 e. The molecule has 3 rings (SSSR count). The highest BCUT2D eigenvalue weighted by Crippen LogP contribution is 2.31. The van der Waals surface area contributed by atoms with Crippen LogP contribution >= 0.6 is 11.5 Å². The van der Waals surface area contributed by atoms with E-state index in [1.807, 2.05) is 43.3 Å². The third-order valence-electron chi connectivity index (χ3n) is 4.52. The average Bonchev–Trinajstić information content (AvgIpc) is 3.16. The molecular weight excluding hydrogens is 330 g/mol. The summed E-state index contributed by atoms with van der Waals surface area (Å²) in [4.78, 5) is 13.2. The van der Waals surface area contributed by atoms with Gasteiger partial charge in [0, 0.05) is 12.0 Å². The first-order valence-electron chi connectivity index (χ1n) is 8.35. The van der Waals surface area contributed by atoms with Gasteiger partial charge in [-0.05, 0) is 36.0 Å². The molecular formula is C20H21N3OS. The van der Waals surface area contributed by atoms with Crippen molar-refractivity contribution < 1.29 is 4.79 Å². The Hall–Kier alpha value is -2.53. The molecule has 0 fully saturated rings. The van der Waals surface area contributed by atoms with E-state index in [2.05, 4.69) is 46.1 Å². The number of nitrogens with one attached hydrogen (secondary N) is 1. The molecule has 0 atom stereocenters. The topological polar surface area (TPSA) is 54.9 Å². The molecule has 0 spiro atoms. The molecule has 128 valence electrons. The van der Waals surface area contributed by atoms with Crippen LogP contribution in [-0.2, 0) is 11.8 Å². The zero-order chi connectivity index (χ0) is 17.7. The van der Waals surface area contributed by atoms with Crippen molar-refractivity contribution in [1.82, 2.24) is 14.9 Å². The molecule has 0 bridgehead atoms. The summed E-state index contributed by atoms with van der Waals surface area (Å²) in [5.74, 6) is -0.107. The van der Waals surface area contributed by atoms with Crippen LogP contribution in [0.5, 0.6) is 0 Å². The third-order valence-corrected chi connectivity index (χ3v) is 5.29. The zero-order valence-electron chi connectivity index (χ0n) is 14.4. The molecule has 4 nitrogen and oxygen atoms in total. The molecule has 0 saturated heterocycles. The number of hydrogen-bond donors (Lipinski definition) is 1. The van der Waals surface area contributed by atoms with E-state index in [4.69, 9.17) is 0 Å². The number of rotatable bonds is 6. The molecule has 0 unspecified atom stereocenters. The van der Waals surface area contributed by atoms with E-state index in [1.165, 1.54) is 11.1 Å². The van der Waals surface area contributed by atoms with E-state index in [9.17, 15) is 4.79 Å². The Morgan fingerprint density at radius 3 is 2.12 bits per heavy atom. The van der Waals surface area contributed by atoms with Gasteiger partial charge in [0.15, 0.2) is 0 Å². The molecule has 1 N–H and O–H groups in total. The number of benzene rings is 2. The fraction of sp³-hybridized carbons (Fsp3) is 0.250. The molecule has 1 aromatic heterocycles. The van der Waals surface area contributed by atoms with Gasteiger partial charge in [-0.15, -0.1) is 5.10 Å². The van der Waals surface area contributed by atoms with Crippen molar-refractivity contribution >= 4 is 17.4 Å². The average molecular weight is 351 g/mol. The molecule has 3 aromatic rings. The lowest BCUT2D eigenvalue weighted by molar-refractivity contribution is 0.0950.